The topological polar surface area (TPSA) is 54.0 Å². The maximum atomic E-state index is 12.3. The average molecular weight is 324 g/mol. The highest BCUT2D eigenvalue weighted by atomic mass is 35.5. The first-order valence-electron chi connectivity index (χ1n) is 6.40. The van der Waals surface area contributed by atoms with Crippen LogP contribution in [0.2, 0.25) is 10.0 Å². The van der Waals surface area contributed by atoms with Crippen molar-refractivity contribution in [3.05, 3.63) is 57.8 Å². The number of anilines is 1. The van der Waals surface area contributed by atoms with E-state index in [0.717, 1.165) is 11.3 Å². The molecule has 1 atom stereocenters. The maximum Gasteiger partial charge on any atom is 0.255 e. The molecule has 0 spiro atoms. The summed E-state index contributed by atoms with van der Waals surface area (Å²) in [5.41, 5.74) is 2.01. The molecule has 1 aromatic carbocycles. The summed E-state index contributed by atoms with van der Waals surface area (Å²) in [5, 5.41) is 6.95. The lowest BCUT2D eigenvalue weighted by Gasteiger charge is -2.17. The van der Waals surface area contributed by atoms with Gasteiger partial charge in [0.1, 0.15) is 0 Å². The van der Waals surface area contributed by atoms with Gasteiger partial charge in [0.2, 0.25) is 0 Å². The lowest BCUT2D eigenvalue weighted by molar-refractivity contribution is 0.0940. The fourth-order valence-electron chi connectivity index (χ4n) is 2.00. The van der Waals surface area contributed by atoms with Crippen molar-refractivity contribution >= 4 is 34.8 Å². The number of rotatable bonds is 4. The summed E-state index contributed by atoms with van der Waals surface area (Å²) >= 11 is 12.0. The molecule has 4 nitrogen and oxygen atoms in total. The minimum absolute atomic E-state index is 0.217. The molecule has 2 aromatic rings. The molecule has 1 amide bonds. The van der Waals surface area contributed by atoms with Gasteiger partial charge in [0.25, 0.3) is 5.91 Å². The first-order chi connectivity index (χ1) is 10.0. The highest BCUT2D eigenvalue weighted by Gasteiger charge is 2.16. The van der Waals surface area contributed by atoms with Gasteiger partial charge in [-0.1, -0.05) is 29.3 Å². The van der Waals surface area contributed by atoms with E-state index in [9.17, 15) is 4.79 Å². The van der Waals surface area contributed by atoms with E-state index in [4.69, 9.17) is 23.2 Å². The summed E-state index contributed by atoms with van der Waals surface area (Å²) in [6.07, 6.45) is 3.15. The molecule has 0 saturated carbocycles. The summed E-state index contributed by atoms with van der Waals surface area (Å²) in [7, 11) is 1.76. The molecule has 0 saturated heterocycles. The number of carbonyl (C=O) groups excluding carboxylic acids is 1. The van der Waals surface area contributed by atoms with Gasteiger partial charge in [-0.15, -0.1) is 0 Å². The molecule has 0 radical (unpaired) electrons. The molecule has 6 heteroatoms. The van der Waals surface area contributed by atoms with E-state index >= 15 is 0 Å². The molecular formula is C15H15Cl2N3O. The van der Waals surface area contributed by atoms with Crippen LogP contribution in [0.4, 0.5) is 5.69 Å². The Labute approximate surface area is 133 Å². The monoisotopic (exact) mass is 323 g/mol. The maximum absolute atomic E-state index is 12.3. The first-order valence-corrected chi connectivity index (χ1v) is 7.16. The van der Waals surface area contributed by atoms with Gasteiger partial charge in [0.05, 0.1) is 11.6 Å². The second-order valence-corrected chi connectivity index (χ2v) is 5.38. The molecule has 21 heavy (non-hydrogen) atoms. The minimum atomic E-state index is -0.243. The predicted octanol–water partition coefficient (Wildman–Crippen LogP) is 3.92. The first kappa shape index (κ1) is 15.6. The molecule has 0 bridgehead atoms. The second-order valence-electron chi connectivity index (χ2n) is 4.53. The number of nitrogens with one attached hydrogen (secondary N) is 2. The van der Waals surface area contributed by atoms with Gasteiger partial charge < -0.3 is 10.6 Å². The number of aromatic nitrogens is 1. The molecule has 110 valence electrons. The molecular weight excluding hydrogens is 309 g/mol. The number of nitrogens with zero attached hydrogens (tertiary/aromatic N) is 1. The molecule has 1 heterocycles. The Balaban J connectivity index is 2.19. The van der Waals surface area contributed by atoms with Crippen molar-refractivity contribution in [1.29, 1.82) is 0 Å². The lowest BCUT2D eigenvalue weighted by Crippen LogP contribution is -2.27. The molecule has 1 aromatic heterocycles. The second kappa shape index (κ2) is 6.78. The van der Waals surface area contributed by atoms with Crippen LogP contribution in [0.25, 0.3) is 0 Å². The standard InChI is InChI=1S/C15H15Cl2N3O/c1-9(11-4-3-10(16)7-13(11)17)20-15(21)12-8-19-6-5-14(12)18-2/h3-9H,1-2H3,(H,18,19)(H,20,21). The summed E-state index contributed by atoms with van der Waals surface area (Å²) in [5.74, 6) is -0.217. The third-order valence-electron chi connectivity index (χ3n) is 3.11. The third kappa shape index (κ3) is 3.65. The smallest absolute Gasteiger partial charge is 0.255 e. The van der Waals surface area contributed by atoms with Gasteiger partial charge in [-0.3, -0.25) is 9.78 Å². The van der Waals surface area contributed by atoms with Crippen molar-refractivity contribution in [3.63, 3.8) is 0 Å². The fraction of sp³-hybridized carbons (Fsp3) is 0.200. The summed E-state index contributed by atoms with van der Waals surface area (Å²) in [6, 6.07) is 6.71. The SMILES string of the molecule is CNc1ccncc1C(=O)NC(C)c1ccc(Cl)cc1Cl. The number of pyridine rings is 1. The van der Waals surface area contributed by atoms with Crippen LogP contribution in [0.3, 0.4) is 0 Å². The van der Waals surface area contributed by atoms with Gasteiger partial charge in [0.15, 0.2) is 0 Å². The van der Waals surface area contributed by atoms with Crippen LogP contribution in [-0.2, 0) is 0 Å². The number of halogens is 2. The molecule has 2 N–H and O–H groups in total. The number of hydrogen-bond donors (Lipinski definition) is 2. The van der Waals surface area contributed by atoms with Crippen molar-refractivity contribution in [2.24, 2.45) is 0 Å². The van der Waals surface area contributed by atoms with Crippen molar-refractivity contribution in [2.75, 3.05) is 12.4 Å². The Morgan fingerprint density at radius 3 is 2.71 bits per heavy atom. The van der Waals surface area contributed by atoms with Gasteiger partial charge in [-0.05, 0) is 30.7 Å². The van der Waals surface area contributed by atoms with E-state index in [0.29, 0.717) is 15.6 Å². The van der Waals surface area contributed by atoms with Gasteiger partial charge in [-0.2, -0.15) is 0 Å². The van der Waals surface area contributed by atoms with Crippen LogP contribution in [-0.4, -0.2) is 17.9 Å². The van der Waals surface area contributed by atoms with E-state index in [1.165, 1.54) is 6.20 Å². The van der Waals surface area contributed by atoms with Crippen LogP contribution >= 0.6 is 23.2 Å². The molecule has 0 aliphatic rings. The molecule has 2 rings (SSSR count). The quantitative estimate of drug-likeness (QED) is 0.896. The van der Waals surface area contributed by atoms with Crippen molar-refractivity contribution < 1.29 is 4.79 Å². The Kier molecular flexibility index (Phi) is 5.04. The zero-order chi connectivity index (χ0) is 15.4. The Morgan fingerprint density at radius 2 is 2.05 bits per heavy atom. The fourth-order valence-corrected chi connectivity index (χ4v) is 2.57. The zero-order valence-electron chi connectivity index (χ0n) is 11.7. The van der Waals surface area contributed by atoms with E-state index in [-0.39, 0.29) is 11.9 Å². The Bertz CT molecular complexity index is 661. The van der Waals surface area contributed by atoms with Crippen molar-refractivity contribution in [3.8, 4) is 0 Å². The summed E-state index contributed by atoms with van der Waals surface area (Å²) < 4.78 is 0. The predicted molar refractivity (Wildman–Crippen MR) is 86.1 cm³/mol. The summed E-state index contributed by atoms with van der Waals surface area (Å²) in [6.45, 7) is 1.86. The molecule has 0 aliphatic heterocycles. The number of amides is 1. The largest absolute Gasteiger partial charge is 0.387 e. The Hall–Kier alpha value is -1.78. The number of carbonyl (C=O) groups is 1. The highest BCUT2D eigenvalue weighted by Crippen LogP contribution is 2.26. The summed E-state index contributed by atoms with van der Waals surface area (Å²) in [4.78, 5) is 16.3. The molecule has 0 aliphatic carbocycles. The Morgan fingerprint density at radius 1 is 1.29 bits per heavy atom. The third-order valence-corrected chi connectivity index (χ3v) is 3.67. The zero-order valence-corrected chi connectivity index (χ0v) is 13.2. The normalized spacial score (nSPS) is 11.8. The average Bonchev–Trinajstić information content (AvgIpc) is 2.46. The van der Waals surface area contributed by atoms with Crippen molar-refractivity contribution in [2.45, 2.75) is 13.0 Å². The minimum Gasteiger partial charge on any atom is -0.387 e. The van der Waals surface area contributed by atoms with Crippen LogP contribution in [0.15, 0.2) is 36.7 Å². The van der Waals surface area contributed by atoms with Crippen LogP contribution in [0, 0.1) is 0 Å². The van der Waals surface area contributed by atoms with Gasteiger partial charge in [-0.25, -0.2) is 0 Å². The molecule has 0 fully saturated rings. The lowest BCUT2D eigenvalue weighted by atomic mass is 10.1. The number of benzene rings is 1. The van der Waals surface area contributed by atoms with Crippen LogP contribution < -0.4 is 10.6 Å². The van der Waals surface area contributed by atoms with Crippen LogP contribution in [0.5, 0.6) is 0 Å². The van der Waals surface area contributed by atoms with E-state index in [1.807, 2.05) is 6.92 Å². The van der Waals surface area contributed by atoms with Crippen LogP contribution in [0.1, 0.15) is 28.9 Å². The van der Waals surface area contributed by atoms with E-state index in [1.54, 1.807) is 37.5 Å². The van der Waals surface area contributed by atoms with Crippen molar-refractivity contribution in [1.82, 2.24) is 10.3 Å². The van der Waals surface area contributed by atoms with E-state index in [2.05, 4.69) is 15.6 Å². The van der Waals surface area contributed by atoms with Gasteiger partial charge in [0, 0.05) is 35.2 Å². The van der Waals surface area contributed by atoms with E-state index < -0.39 is 0 Å². The molecule has 1 unspecified atom stereocenters. The van der Waals surface area contributed by atoms with Gasteiger partial charge >= 0.3 is 0 Å². The number of hydrogen-bond acceptors (Lipinski definition) is 3. The highest BCUT2D eigenvalue weighted by molar-refractivity contribution is 6.35.